The molecule has 208 valence electrons. The van der Waals surface area contributed by atoms with Crippen LogP contribution in [0.3, 0.4) is 0 Å². The van der Waals surface area contributed by atoms with Crippen molar-refractivity contribution in [2.75, 3.05) is 0 Å². The molecule has 0 saturated heterocycles. The monoisotopic (exact) mass is 516 g/mol. The highest BCUT2D eigenvalue weighted by Gasteiger charge is 2.70. The maximum Gasteiger partial charge on any atom is 0.331 e. The molecule has 37 heavy (non-hydrogen) atoms. The van der Waals surface area contributed by atoms with Gasteiger partial charge in [-0.2, -0.15) is 0 Å². The van der Waals surface area contributed by atoms with Crippen molar-refractivity contribution < 1.29 is 29.6 Å². The number of aliphatic carboxylic acids is 1. The van der Waals surface area contributed by atoms with Gasteiger partial charge in [-0.1, -0.05) is 39.3 Å². The van der Waals surface area contributed by atoms with Gasteiger partial charge in [-0.3, -0.25) is 4.79 Å². The van der Waals surface area contributed by atoms with Crippen molar-refractivity contribution >= 4 is 11.9 Å². The molecule has 0 aliphatic heterocycles. The molecule has 6 nitrogen and oxygen atoms in total. The first-order valence-electron chi connectivity index (χ1n) is 14.3. The average Bonchev–Trinajstić information content (AvgIpc) is 3.05. The number of hydrogen-bond donors (Lipinski definition) is 3. The highest BCUT2D eigenvalue weighted by Crippen LogP contribution is 2.74. The third-order valence-electron chi connectivity index (χ3n) is 11.6. The molecule has 3 unspecified atom stereocenters. The van der Waals surface area contributed by atoms with Gasteiger partial charge in [0.25, 0.3) is 0 Å². The Balaban J connectivity index is 1.82. The summed E-state index contributed by atoms with van der Waals surface area (Å²) in [5.41, 5.74) is 1.57. The van der Waals surface area contributed by atoms with Crippen LogP contribution in [0, 0.1) is 39.9 Å². The summed E-state index contributed by atoms with van der Waals surface area (Å²) in [6, 6.07) is 0. The van der Waals surface area contributed by atoms with Gasteiger partial charge in [0, 0.05) is 12.5 Å². The van der Waals surface area contributed by atoms with Gasteiger partial charge in [0.15, 0.2) is 0 Å². The first-order valence-corrected chi connectivity index (χ1v) is 14.3. The predicted molar refractivity (Wildman–Crippen MR) is 143 cm³/mol. The van der Waals surface area contributed by atoms with Crippen LogP contribution in [0.1, 0.15) is 99.8 Å². The minimum absolute atomic E-state index is 0.0474. The Kier molecular flexibility index (Phi) is 7.53. The van der Waals surface area contributed by atoms with Crippen molar-refractivity contribution in [2.45, 2.75) is 118 Å². The zero-order valence-electron chi connectivity index (χ0n) is 23.8. The number of fused-ring (bicyclic) bond motifs is 5. The number of carboxylic acid groups (broad SMARTS) is 1. The van der Waals surface area contributed by atoms with Crippen LogP contribution < -0.4 is 0 Å². The van der Waals surface area contributed by atoms with Crippen LogP contribution in [-0.4, -0.2) is 45.6 Å². The van der Waals surface area contributed by atoms with E-state index in [1.807, 2.05) is 19.9 Å². The number of aliphatic hydroxyl groups excluding tert-OH is 2. The lowest BCUT2D eigenvalue weighted by atomic mass is 9.36. The first kappa shape index (κ1) is 28.4. The fourth-order valence-electron chi connectivity index (χ4n) is 9.79. The van der Waals surface area contributed by atoms with Gasteiger partial charge in [-0.05, 0) is 111 Å². The first-order chi connectivity index (χ1) is 17.2. The minimum atomic E-state index is -0.953. The van der Waals surface area contributed by atoms with E-state index in [1.165, 1.54) is 6.92 Å². The highest BCUT2D eigenvalue weighted by molar-refractivity contribution is 5.88. The lowest BCUT2D eigenvalue weighted by Gasteiger charge is -2.69. The molecule has 0 radical (unpaired) electrons. The second kappa shape index (κ2) is 9.82. The van der Waals surface area contributed by atoms with Crippen molar-refractivity contribution in [3.63, 3.8) is 0 Å². The van der Waals surface area contributed by atoms with E-state index in [-0.39, 0.29) is 40.1 Å². The number of aliphatic hydroxyl groups is 2. The van der Waals surface area contributed by atoms with E-state index in [0.29, 0.717) is 37.2 Å². The Morgan fingerprint density at radius 3 is 2.30 bits per heavy atom. The summed E-state index contributed by atoms with van der Waals surface area (Å²) < 4.78 is 5.87. The van der Waals surface area contributed by atoms with Crippen molar-refractivity contribution in [3.05, 3.63) is 22.8 Å². The molecule has 0 bridgehead atoms. The van der Waals surface area contributed by atoms with Crippen molar-refractivity contribution in [1.29, 1.82) is 0 Å². The number of rotatable bonds is 5. The Bertz CT molecular complexity index is 994. The van der Waals surface area contributed by atoms with Gasteiger partial charge in [-0.15, -0.1) is 0 Å². The van der Waals surface area contributed by atoms with Crippen LogP contribution in [0.4, 0.5) is 0 Å². The van der Waals surface area contributed by atoms with E-state index in [2.05, 4.69) is 27.7 Å². The molecule has 0 aromatic rings. The molecule has 0 heterocycles. The number of esters is 1. The quantitative estimate of drug-likeness (QED) is 0.247. The van der Waals surface area contributed by atoms with Gasteiger partial charge in [0.2, 0.25) is 0 Å². The smallest absolute Gasteiger partial charge is 0.331 e. The fraction of sp³-hybridized carbons (Fsp3) is 0.806. The van der Waals surface area contributed by atoms with E-state index in [0.717, 1.165) is 36.8 Å². The molecule has 4 saturated carbocycles. The average molecular weight is 517 g/mol. The van der Waals surface area contributed by atoms with Crippen LogP contribution >= 0.6 is 0 Å². The molecule has 0 amide bonds. The molecule has 4 aliphatic rings. The standard InChI is InChI=1S/C31H48O6/c1-17(2)9-8-10-20(28(35)36)26-22-15-24(34)27-29(5)13-12-23(33)18(3)21(29)11-14-30(27,6)31(22,7)16-25(26)37-19(4)32/h9,18,21-25,27,33-34H,8,10-16H2,1-7H3,(H,35,36)/b26-20-/t18-,21?,22-,23+,24+,25-,27-,29?,30-,31?/m0/s1. The molecule has 0 aromatic heterocycles. The number of carboxylic acids is 1. The van der Waals surface area contributed by atoms with E-state index >= 15 is 0 Å². The summed E-state index contributed by atoms with van der Waals surface area (Å²) in [7, 11) is 0. The normalized spacial score (nSPS) is 46.2. The largest absolute Gasteiger partial charge is 0.478 e. The van der Waals surface area contributed by atoms with Gasteiger partial charge in [0.05, 0.1) is 12.2 Å². The number of ether oxygens (including phenoxy) is 1. The van der Waals surface area contributed by atoms with E-state index < -0.39 is 24.1 Å². The van der Waals surface area contributed by atoms with Gasteiger partial charge >= 0.3 is 11.9 Å². The highest BCUT2D eigenvalue weighted by atomic mass is 16.5. The molecule has 4 aliphatic carbocycles. The fourth-order valence-corrected chi connectivity index (χ4v) is 9.79. The SMILES string of the molecule is CC(=O)O[C@H]1CC2(C)[C@@H](C[C@@H](O)[C@H]3C4(C)CC[C@@H](O)[C@@H](C)C4CC[C@@]32C)/C1=C(\CCC=C(C)C)C(=O)O. The van der Waals surface area contributed by atoms with E-state index in [1.54, 1.807) is 0 Å². The molecule has 3 N–H and O–H groups in total. The Labute approximate surface area is 222 Å². The maximum absolute atomic E-state index is 12.6. The Morgan fingerprint density at radius 1 is 1.03 bits per heavy atom. The molecule has 4 fully saturated rings. The van der Waals surface area contributed by atoms with Crippen LogP contribution in [0.2, 0.25) is 0 Å². The Hall–Kier alpha value is -1.66. The maximum atomic E-state index is 12.6. The third kappa shape index (κ3) is 4.40. The summed E-state index contributed by atoms with van der Waals surface area (Å²) >= 11 is 0. The summed E-state index contributed by atoms with van der Waals surface area (Å²) in [6.45, 7) is 14.5. The second-order valence-corrected chi connectivity index (χ2v) is 13.6. The third-order valence-corrected chi connectivity index (χ3v) is 11.6. The molecule has 4 rings (SSSR count). The van der Waals surface area contributed by atoms with Crippen LogP contribution in [0.5, 0.6) is 0 Å². The Morgan fingerprint density at radius 2 is 1.70 bits per heavy atom. The lowest BCUT2D eigenvalue weighted by molar-refractivity contribution is -0.234. The minimum Gasteiger partial charge on any atom is -0.478 e. The number of hydrogen-bond acceptors (Lipinski definition) is 5. The summed E-state index contributed by atoms with van der Waals surface area (Å²) in [6.07, 6.45) is 6.22. The van der Waals surface area contributed by atoms with Crippen molar-refractivity contribution in [1.82, 2.24) is 0 Å². The number of carbonyl (C=O) groups is 2. The van der Waals surface area contributed by atoms with Crippen molar-refractivity contribution in [2.24, 2.45) is 39.9 Å². The number of carbonyl (C=O) groups excluding carboxylic acids is 1. The molecule has 0 spiro atoms. The second-order valence-electron chi connectivity index (χ2n) is 13.6. The predicted octanol–water partition coefficient (Wildman–Crippen LogP) is 5.67. The molecule has 10 atom stereocenters. The molecule has 6 heteroatoms. The van der Waals surface area contributed by atoms with Gasteiger partial charge < -0.3 is 20.1 Å². The van der Waals surface area contributed by atoms with Crippen molar-refractivity contribution in [3.8, 4) is 0 Å². The summed E-state index contributed by atoms with van der Waals surface area (Å²) in [5, 5.41) is 32.9. The summed E-state index contributed by atoms with van der Waals surface area (Å²) in [5.74, 6) is -0.909. The molecule has 0 aromatic carbocycles. The molecular formula is C31H48O6. The zero-order chi connectivity index (χ0) is 27.5. The lowest BCUT2D eigenvalue weighted by Crippen LogP contribution is -2.65. The van der Waals surface area contributed by atoms with E-state index in [4.69, 9.17) is 4.74 Å². The van der Waals surface area contributed by atoms with Crippen LogP contribution in [0.25, 0.3) is 0 Å². The van der Waals surface area contributed by atoms with Crippen LogP contribution in [-0.2, 0) is 14.3 Å². The van der Waals surface area contributed by atoms with Gasteiger partial charge in [-0.25, -0.2) is 4.79 Å². The molecular weight excluding hydrogens is 468 g/mol. The van der Waals surface area contributed by atoms with Crippen LogP contribution in [0.15, 0.2) is 22.8 Å². The number of allylic oxidation sites excluding steroid dienone is 2. The van der Waals surface area contributed by atoms with E-state index in [9.17, 15) is 24.9 Å². The topological polar surface area (TPSA) is 104 Å². The van der Waals surface area contributed by atoms with Gasteiger partial charge in [0.1, 0.15) is 6.10 Å². The zero-order valence-corrected chi connectivity index (χ0v) is 23.8. The summed E-state index contributed by atoms with van der Waals surface area (Å²) in [4.78, 5) is 24.8.